The molecule has 0 saturated carbocycles. The second kappa shape index (κ2) is 7.98. The minimum Gasteiger partial charge on any atom is -0.302 e. The molecule has 154 valence electrons. The van der Waals surface area contributed by atoms with Crippen LogP contribution in [0, 0.1) is 18.3 Å². The van der Waals surface area contributed by atoms with Crippen molar-refractivity contribution < 1.29 is 0 Å². The van der Waals surface area contributed by atoms with E-state index in [0.717, 1.165) is 60.3 Å². The molecule has 1 aliphatic heterocycles. The summed E-state index contributed by atoms with van der Waals surface area (Å²) in [5.74, 6) is 0.717. The van der Waals surface area contributed by atoms with Crippen LogP contribution in [-0.4, -0.2) is 33.0 Å². The molecule has 31 heavy (non-hydrogen) atoms. The summed E-state index contributed by atoms with van der Waals surface area (Å²) in [6.45, 7) is 3.96. The number of nitriles is 1. The summed E-state index contributed by atoms with van der Waals surface area (Å²) in [4.78, 5) is 12.4. The fourth-order valence-electron chi connectivity index (χ4n) is 4.54. The first-order chi connectivity index (χ1) is 15.1. The first-order valence-electron chi connectivity index (χ1n) is 10.8. The van der Waals surface area contributed by atoms with Crippen LogP contribution in [0.15, 0.2) is 54.6 Å². The maximum absolute atomic E-state index is 9.52. The summed E-state index contributed by atoms with van der Waals surface area (Å²) in [5.41, 5.74) is 7.60. The van der Waals surface area contributed by atoms with Crippen molar-refractivity contribution in [1.82, 2.24) is 19.4 Å². The molecule has 0 saturated heterocycles. The van der Waals surface area contributed by atoms with Crippen LogP contribution in [0.2, 0.25) is 0 Å². The van der Waals surface area contributed by atoms with Crippen LogP contribution >= 0.6 is 0 Å². The molecule has 0 bridgehead atoms. The van der Waals surface area contributed by atoms with Gasteiger partial charge in [-0.2, -0.15) is 5.26 Å². The molecule has 0 amide bonds. The number of hydrogen-bond donors (Lipinski definition) is 0. The van der Waals surface area contributed by atoms with Gasteiger partial charge >= 0.3 is 0 Å². The van der Waals surface area contributed by atoms with Crippen LogP contribution in [0.5, 0.6) is 0 Å². The standard InChI is InChI=1S/C26H25N5/c1-18-15-21-20(16-27)9-6-10-25(21)31(18)26-28-23(12-11-19-7-4-3-5-8-19)22-17-30(2)14-13-24(22)29-26/h3-10,15H,11-14,17H2,1-2H3. The number of hydrogen-bond acceptors (Lipinski definition) is 4. The molecular formula is C26H25N5. The molecule has 2 aromatic carbocycles. The molecule has 3 heterocycles. The Labute approximate surface area is 182 Å². The van der Waals surface area contributed by atoms with E-state index in [1.165, 1.54) is 11.1 Å². The number of likely N-dealkylation sites (N-methyl/N-ethyl adjacent to an activating group) is 1. The van der Waals surface area contributed by atoms with Crippen molar-refractivity contribution in [2.75, 3.05) is 13.6 Å². The lowest BCUT2D eigenvalue weighted by atomic mass is 9.99. The summed E-state index contributed by atoms with van der Waals surface area (Å²) in [5, 5.41) is 10.5. The van der Waals surface area contributed by atoms with Gasteiger partial charge in [0.1, 0.15) is 0 Å². The van der Waals surface area contributed by atoms with E-state index in [0.29, 0.717) is 11.5 Å². The highest BCUT2D eigenvalue weighted by molar-refractivity contribution is 5.88. The van der Waals surface area contributed by atoms with Crippen LogP contribution < -0.4 is 0 Å². The van der Waals surface area contributed by atoms with Crippen molar-refractivity contribution in [3.05, 3.63) is 88.4 Å². The molecule has 5 rings (SSSR count). The number of benzene rings is 2. The smallest absolute Gasteiger partial charge is 0.234 e. The van der Waals surface area contributed by atoms with Gasteiger partial charge in [-0.3, -0.25) is 4.57 Å². The van der Waals surface area contributed by atoms with Crippen molar-refractivity contribution in [2.45, 2.75) is 32.7 Å². The monoisotopic (exact) mass is 407 g/mol. The topological polar surface area (TPSA) is 57.7 Å². The van der Waals surface area contributed by atoms with Gasteiger partial charge in [0.05, 0.1) is 28.5 Å². The summed E-state index contributed by atoms with van der Waals surface area (Å²) in [6, 6.07) is 20.8. The van der Waals surface area contributed by atoms with E-state index in [4.69, 9.17) is 9.97 Å². The zero-order valence-corrected chi connectivity index (χ0v) is 18.0. The average molecular weight is 408 g/mol. The summed E-state index contributed by atoms with van der Waals surface area (Å²) in [6.07, 6.45) is 2.77. The molecule has 0 spiro atoms. The minimum absolute atomic E-state index is 0.684. The molecule has 0 unspecified atom stereocenters. The highest BCUT2D eigenvalue weighted by atomic mass is 15.2. The third-order valence-electron chi connectivity index (χ3n) is 6.17. The Morgan fingerprint density at radius 2 is 1.87 bits per heavy atom. The highest BCUT2D eigenvalue weighted by Gasteiger charge is 2.22. The number of aromatic nitrogens is 3. The van der Waals surface area contributed by atoms with Gasteiger partial charge in [-0.15, -0.1) is 0 Å². The molecule has 2 aromatic heterocycles. The van der Waals surface area contributed by atoms with E-state index in [1.54, 1.807) is 0 Å². The molecule has 5 heteroatoms. The molecule has 0 N–H and O–H groups in total. The fraction of sp³-hybridized carbons (Fsp3) is 0.269. The summed E-state index contributed by atoms with van der Waals surface area (Å²) in [7, 11) is 2.16. The fourth-order valence-corrected chi connectivity index (χ4v) is 4.54. The van der Waals surface area contributed by atoms with Gasteiger partial charge in [-0.05, 0) is 50.6 Å². The maximum Gasteiger partial charge on any atom is 0.234 e. The van der Waals surface area contributed by atoms with E-state index >= 15 is 0 Å². The van der Waals surface area contributed by atoms with E-state index < -0.39 is 0 Å². The zero-order chi connectivity index (χ0) is 21.4. The Morgan fingerprint density at radius 1 is 1.03 bits per heavy atom. The number of aryl methyl sites for hydroxylation is 3. The Morgan fingerprint density at radius 3 is 2.68 bits per heavy atom. The van der Waals surface area contributed by atoms with Crippen molar-refractivity contribution in [3.8, 4) is 12.0 Å². The van der Waals surface area contributed by atoms with Gasteiger partial charge in [0.25, 0.3) is 0 Å². The second-order valence-electron chi connectivity index (χ2n) is 8.34. The molecule has 1 aliphatic rings. The van der Waals surface area contributed by atoms with E-state index in [2.05, 4.69) is 65.9 Å². The zero-order valence-electron chi connectivity index (χ0n) is 18.0. The van der Waals surface area contributed by atoms with Crippen LogP contribution in [0.25, 0.3) is 16.9 Å². The van der Waals surface area contributed by atoms with E-state index in [9.17, 15) is 5.26 Å². The molecule has 5 nitrogen and oxygen atoms in total. The molecule has 0 aliphatic carbocycles. The van der Waals surface area contributed by atoms with Gasteiger partial charge in [-0.1, -0.05) is 36.4 Å². The Hall–Kier alpha value is -3.49. The van der Waals surface area contributed by atoms with Crippen molar-refractivity contribution in [2.24, 2.45) is 0 Å². The quantitative estimate of drug-likeness (QED) is 0.504. The lowest BCUT2D eigenvalue weighted by molar-refractivity contribution is 0.307. The molecule has 4 aromatic rings. The van der Waals surface area contributed by atoms with Crippen molar-refractivity contribution in [1.29, 1.82) is 5.26 Å². The third-order valence-corrected chi connectivity index (χ3v) is 6.17. The first kappa shape index (κ1) is 19.5. The molecule has 0 radical (unpaired) electrons. The minimum atomic E-state index is 0.684. The van der Waals surface area contributed by atoms with Crippen LogP contribution in [0.4, 0.5) is 0 Å². The normalized spacial score (nSPS) is 13.8. The first-order valence-corrected chi connectivity index (χ1v) is 10.8. The van der Waals surface area contributed by atoms with Gasteiger partial charge < -0.3 is 4.90 Å². The van der Waals surface area contributed by atoms with Crippen molar-refractivity contribution in [3.63, 3.8) is 0 Å². The number of fused-ring (bicyclic) bond motifs is 2. The second-order valence-corrected chi connectivity index (χ2v) is 8.34. The third kappa shape index (κ3) is 3.60. The predicted molar refractivity (Wildman–Crippen MR) is 122 cm³/mol. The van der Waals surface area contributed by atoms with Crippen molar-refractivity contribution >= 4 is 10.9 Å². The molecule has 0 fully saturated rings. The maximum atomic E-state index is 9.52. The van der Waals surface area contributed by atoms with Crippen LogP contribution in [0.3, 0.4) is 0 Å². The summed E-state index contributed by atoms with van der Waals surface area (Å²) >= 11 is 0. The van der Waals surface area contributed by atoms with Gasteiger partial charge in [0.2, 0.25) is 5.95 Å². The Balaban J connectivity index is 1.63. The van der Waals surface area contributed by atoms with Gasteiger partial charge in [-0.25, -0.2) is 9.97 Å². The average Bonchev–Trinajstić information content (AvgIpc) is 3.14. The lowest BCUT2D eigenvalue weighted by Crippen LogP contribution is -2.29. The van der Waals surface area contributed by atoms with Gasteiger partial charge in [0, 0.05) is 36.2 Å². The lowest BCUT2D eigenvalue weighted by Gasteiger charge is -2.26. The SMILES string of the molecule is Cc1cc2c(C#N)cccc2n1-c1nc(CCc2ccccc2)c2c(n1)CCN(C)C2. The summed E-state index contributed by atoms with van der Waals surface area (Å²) < 4.78 is 2.10. The predicted octanol–water partition coefficient (Wildman–Crippen LogP) is 4.37. The molecule has 0 atom stereocenters. The largest absolute Gasteiger partial charge is 0.302 e. The van der Waals surface area contributed by atoms with Crippen LogP contribution in [0.1, 0.15) is 33.8 Å². The highest BCUT2D eigenvalue weighted by Crippen LogP contribution is 2.28. The van der Waals surface area contributed by atoms with Crippen LogP contribution in [-0.2, 0) is 25.8 Å². The van der Waals surface area contributed by atoms with Gasteiger partial charge in [0.15, 0.2) is 0 Å². The number of nitrogens with zero attached hydrogens (tertiary/aromatic N) is 5. The Kier molecular flexibility index (Phi) is 5.01. The van der Waals surface area contributed by atoms with E-state index in [1.807, 2.05) is 18.2 Å². The molecular weight excluding hydrogens is 382 g/mol. The Bertz CT molecular complexity index is 1300. The number of rotatable bonds is 4. The van der Waals surface area contributed by atoms with E-state index in [-0.39, 0.29) is 0 Å².